The third-order valence-corrected chi connectivity index (χ3v) is 9.19. The molecule has 1 aromatic heterocycles. The maximum Gasteiger partial charge on any atom is 0.341 e. The van der Waals surface area contributed by atoms with Crippen LogP contribution in [0.2, 0.25) is 0 Å². The zero-order valence-corrected chi connectivity index (χ0v) is 29.3. The number of aryl methyl sites for hydroxylation is 1. The quantitative estimate of drug-likeness (QED) is 0.0644. The van der Waals surface area contributed by atoms with Gasteiger partial charge >= 0.3 is 5.97 Å². The second-order valence-corrected chi connectivity index (χ2v) is 12.8. The number of nitrogens with one attached hydrogen (secondary N) is 3. The Morgan fingerprint density at radius 2 is 1.60 bits per heavy atom. The van der Waals surface area contributed by atoms with Crippen LogP contribution in [0, 0.1) is 6.92 Å². The lowest BCUT2D eigenvalue weighted by molar-refractivity contribution is -0.114. The molecule has 0 bridgehead atoms. The summed E-state index contributed by atoms with van der Waals surface area (Å²) in [4.78, 5) is 53.2. The maximum absolute atomic E-state index is 13.6. The fraction of sp³-hybridized carbons (Fsp3) is 0.128. The van der Waals surface area contributed by atoms with Gasteiger partial charge in [0.25, 0.3) is 11.8 Å². The molecule has 0 atom stereocenters. The number of thioether (sulfide) groups is 1. The molecule has 50 heavy (non-hydrogen) atoms. The van der Waals surface area contributed by atoms with Crippen molar-refractivity contribution in [3.8, 4) is 16.9 Å². The van der Waals surface area contributed by atoms with E-state index in [0.29, 0.717) is 45.3 Å². The summed E-state index contributed by atoms with van der Waals surface area (Å²) in [6.07, 6.45) is 1.57. The molecular formula is C39H35N3O6S2. The molecule has 0 spiro atoms. The van der Waals surface area contributed by atoms with Crippen molar-refractivity contribution in [2.45, 2.75) is 18.7 Å². The highest BCUT2D eigenvalue weighted by atomic mass is 32.2. The minimum Gasteiger partial charge on any atom is -0.493 e. The van der Waals surface area contributed by atoms with E-state index >= 15 is 0 Å². The Labute approximate surface area is 298 Å². The summed E-state index contributed by atoms with van der Waals surface area (Å²) < 4.78 is 10.8. The van der Waals surface area contributed by atoms with Gasteiger partial charge in [-0.1, -0.05) is 72.3 Å². The van der Waals surface area contributed by atoms with E-state index in [9.17, 15) is 19.2 Å². The van der Waals surface area contributed by atoms with Crippen molar-refractivity contribution in [3.63, 3.8) is 0 Å². The highest BCUT2D eigenvalue weighted by Crippen LogP contribution is 2.36. The smallest absolute Gasteiger partial charge is 0.341 e. The predicted octanol–water partition coefficient (Wildman–Crippen LogP) is 8.05. The highest BCUT2D eigenvalue weighted by molar-refractivity contribution is 8.00. The van der Waals surface area contributed by atoms with Crippen LogP contribution in [-0.2, 0) is 14.3 Å². The molecule has 0 unspecified atom stereocenters. The van der Waals surface area contributed by atoms with Crippen LogP contribution >= 0.6 is 23.1 Å². The zero-order chi connectivity index (χ0) is 35.5. The van der Waals surface area contributed by atoms with Crippen molar-refractivity contribution in [2.24, 2.45) is 0 Å². The van der Waals surface area contributed by atoms with Crippen LogP contribution < -0.4 is 20.7 Å². The molecule has 0 aliphatic heterocycles. The number of hydrogen-bond donors (Lipinski definition) is 3. The molecule has 3 amide bonds. The van der Waals surface area contributed by atoms with Gasteiger partial charge in [-0.05, 0) is 61.9 Å². The van der Waals surface area contributed by atoms with Gasteiger partial charge in [-0.25, -0.2) is 4.79 Å². The summed E-state index contributed by atoms with van der Waals surface area (Å²) in [7, 11) is 1.31. The molecule has 0 fully saturated rings. The van der Waals surface area contributed by atoms with Crippen LogP contribution in [0.1, 0.15) is 38.8 Å². The van der Waals surface area contributed by atoms with Gasteiger partial charge in [-0.3, -0.25) is 14.4 Å². The van der Waals surface area contributed by atoms with Crippen molar-refractivity contribution in [1.82, 2.24) is 5.32 Å². The molecule has 0 aliphatic rings. The zero-order valence-electron chi connectivity index (χ0n) is 27.6. The first-order valence-electron chi connectivity index (χ1n) is 15.7. The molecule has 5 aromatic rings. The monoisotopic (exact) mass is 705 g/mol. The van der Waals surface area contributed by atoms with Gasteiger partial charge in [-0.15, -0.1) is 23.1 Å². The highest BCUT2D eigenvalue weighted by Gasteiger charge is 2.23. The molecule has 3 N–H and O–H groups in total. The Morgan fingerprint density at radius 3 is 2.34 bits per heavy atom. The number of para-hydroxylation sites is 1. The van der Waals surface area contributed by atoms with E-state index in [0.717, 1.165) is 16.0 Å². The Morgan fingerprint density at radius 1 is 0.860 bits per heavy atom. The first-order chi connectivity index (χ1) is 24.2. The van der Waals surface area contributed by atoms with E-state index in [1.807, 2.05) is 61.7 Å². The fourth-order valence-corrected chi connectivity index (χ4v) is 6.59. The summed E-state index contributed by atoms with van der Waals surface area (Å²) in [5, 5.41) is 10.7. The molecule has 0 saturated carbocycles. The van der Waals surface area contributed by atoms with Crippen LogP contribution in [0.25, 0.3) is 17.2 Å². The average Bonchev–Trinajstić information content (AvgIpc) is 3.55. The summed E-state index contributed by atoms with van der Waals surface area (Å²) in [5.41, 5.74) is 4.42. The number of ether oxygens (including phenoxy) is 2. The van der Waals surface area contributed by atoms with E-state index in [-0.39, 0.29) is 17.4 Å². The number of esters is 1. The first-order valence-corrected chi connectivity index (χ1v) is 17.5. The molecule has 0 radical (unpaired) electrons. The maximum atomic E-state index is 13.6. The molecule has 11 heteroatoms. The van der Waals surface area contributed by atoms with Crippen molar-refractivity contribution in [1.29, 1.82) is 0 Å². The van der Waals surface area contributed by atoms with Crippen molar-refractivity contribution >= 4 is 63.6 Å². The lowest BCUT2D eigenvalue weighted by Gasteiger charge is -2.13. The molecule has 0 aliphatic carbocycles. The SMILES string of the molecule is CCOc1ccccc1/C=C(/NC(=O)c1ccccc1)C(=O)Nc1cccc(SCC(=O)Nc2scc(-c3ccc(C)cc3)c2C(=O)OC)c1. The molecule has 4 aromatic carbocycles. The first kappa shape index (κ1) is 35.7. The molecule has 9 nitrogen and oxygen atoms in total. The van der Waals surface area contributed by atoms with E-state index in [2.05, 4.69) is 16.0 Å². The third kappa shape index (κ3) is 9.28. The largest absolute Gasteiger partial charge is 0.493 e. The molecule has 1 heterocycles. The number of rotatable bonds is 13. The number of amides is 3. The summed E-state index contributed by atoms with van der Waals surface area (Å²) in [5.74, 6) is -1.22. The van der Waals surface area contributed by atoms with E-state index in [1.54, 1.807) is 66.7 Å². The second-order valence-electron chi connectivity index (χ2n) is 10.9. The number of methoxy groups -OCH3 is 1. The van der Waals surface area contributed by atoms with Crippen LogP contribution in [-0.4, -0.2) is 43.2 Å². The summed E-state index contributed by atoms with van der Waals surface area (Å²) in [6.45, 7) is 4.28. The van der Waals surface area contributed by atoms with Crippen LogP contribution in [0.5, 0.6) is 5.75 Å². The lowest BCUT2D eigenvalue weighted by atomic mass is 10.0. The van der Waals surface area contributed by atoms with Crippen LogP contribution in [0.3, 0.4) is 0 Å². The van der Waals surface area contributed by atoms with Gasteiger partial charge in [0, 0.05) is 32.7 Å². The lowest BCUT2D eigenvalue weighted by Crippen LogP contribution is -2.30. The van der Waals surface area contributed by atoms with Gasteiger partial charge in [-0.2, -0.15) is 0 Å². The van der Waals surface area contributed by atoms with Crippen LogP contribution in [0.15, 0.2) is 119 Å². The Balaban J connectivity index is 1.29. The standard InChI is InChI=1S/C39H35N3O6S2/c1-4-48-33-16-9-8-13-28(33)21-32(41-36(44)27-11-6-5-7-12-27)37(45)40-29-14-10-15-30(22-29)49-24-34(43)42-38-35(39(46)47-3)31(23-50-38)26-19-17-25(2)18-20-26/h5-23H,4,24H2,1-3H3,(H,40,45)(H,41,44)(H,42,43)/b32-21+. The molecule has 254 valence electrons. The van der Waals surface area contributed by atoms with Gasteiger partial charge in [0.15, 0.2) is 0 Å². The minimum absolute atomic E-state index is 0.0193. The second kappa shape index (κ2) is 17.1. The van der Waals surface area contributed by atoms with E-state index < -0.39 is 17.8 Å². The fourth-order valence-electron chi connectivity index (χ4n) is 4.86. The minimum atomic E-state index is -0.544. The Bertz CT molecular complexity index is 2020. The Kier molecular flexibility index (Phi) is 12.2. The topological polar surface area (TPSA) is 123 Å². The number of hydrogen-bond acceptors (Lipinski definition) is 8. The third-order valence-electron chi connectivity index (χ3n) is 7.31. The van der Waals surface area contributed by atoms with Crippen molar-refractivity contribution in [2.75, 3.05) is 30.1 Å². The van der Waals surface area contributed by atoms with E-state index in [4.69, 9.17) is 9.47 Å². The van der Waals surface area contributed by atoms with Gasteiger partial charge in [0.2, 0.25) is 5.91 Å². The van der Waals surface area contributed by atoms with Crippen molar-refractivity contribution in [3.05, 3.63) is 136 Å². The van der Waals surface area contributed by atoms with Gasteiger partial charge in [0.1, 0.15) is 22.0 Å². The van der Waals surface area contributed by atoms with Crippen molar-refractivity contribution < 1.29 is 28.7 Å². The number of carbonyl (C=O) groups is 4. The number of anilines is 2. The van der Waals surface area contributed by atoms with Crippen LogP contribution in [0.4, 0.5) is 10.7 Å². The number of thiophene rings is 1. The summed E-state index contributed by atoms with van der Waals surface area (Å²) >= 11 is 2.52. The molecule has 5 rings (SSSR count). The average molecular weight is 706 g/mol. The normalized spacial score (nSPS) is 11.0. The van der Waals surface area contributed by atoms with Gasteiger partial charge in [0.05, 0.1) is 19.5 Å². The molecular weight excluding hydrogens is 671 g/mol. The predicted molar refractivity (Wildman–Crippen MR) is 200 cm³/mol. The number of benzene rings is 4. The van der Waals surface area contributed by atoms with Gasteiger partial charge < -0.3 is 25.4 Å². The summed E-state index contributed by atoms with van der Waals surface area (Å²) in [6, 6.07) is 30.6. The number of carbonyl (C=O) groups excluding carboxylic acids is 4. The van der Waals surface area contributed by atoms with E-state index in [1.165, 1.54) is 30.2 Å². The molecule has 0 saturated heterocycles. The Hall–Kier alpha value is -5.65.